The number of rotatable bonds is 3. The van der Waals surface area contributed by atoms with Crippen LogP contribution >= 0.6 is 12.2 Å². The van der Waals surface area contributed by atoms with E-state index in [9.17, 15) is 9.59 Å². The van der Waals surface area contributed by atoms with E-state index in [1.54, 1.807) is 12.1 Å². The van der Waals surface area contributed by atoms with Gasteiger partial charge in [-0.05, 0) is 30.9 Å². The number of hydrogen-bond acceptors (Lipinski definition) is 4. The molecular formula is C12H11N3O2S. The number of nitrogens with two attached hydrogens (primary N) is 1. The summed E-state index contributed by atoms with van der Waals surface area (Å²) in [6, 6.07) is 2.78. The molecule has 1 aliphatic carbocycles. The van der Waals surface area contributed by atoms with Gasteiger partial charge in [-0.3, -0.25) is 19.5 Å². The van der Waals surface area contributed by atoms with E-state index in [0.717, 1.165) is 12.8 Å². The molecule has 1 saturated carbocycles. The second kappa shape index (κ2) is 3.84. The smallest absolute Gasteiger partial charge is 0.280 e. The number of nitrogens with zero attached hydrogens (tertiary/aromatic N) is 2. The molecule has 18 heavy (non-hydrogen) atoms. The van der Waals surface area contributed by atoms with E-state index < -0.39 is 6.04 Å². The quantitative estimate of drug-likeness (QED) is 0.641. The van der Waals surface area contributed by atoms with Gasteiger partial charge in [0.25, 0.3) is 11.8 Å². The van der Waals surface area contributed by atoms with Gasteiger partial charge in [0.2, 0.25) is 0 Å². The maximum absolute atomic E-state index is 12.2. The van der Waals surface area contributed by atoms with Gasteiger partial charge in [-0.2, -0.15) is 0 Å². The Balaban J connectivity index is 2.03. The molecule has 1 aromatic heterocycles. The largest absolute Gasteiger partial charge is 0.392 e. The van der Waals surface area contributed by atoms with Gasteiger partial charge in [0.05, 0.1) is 16.6 Å². The molecule has 1 atom stereocenters. The van der Waals surface area contributed by atoms with Crippen LogP contribution < -0.4 is 5.73 Å². The molecule has 0 radical (unpaired) electrons. The van der Waals surface area contributed by atoms with E-state index >= 15 is 0 Å². The fourth-order valence-corrected chi connectivity index (χ4v) is 2.62. The molecular weight excluding hydrogens is 250 g/mol. The molecule has 2 N–H and O–H groups in total. The zero-order valence-corrected chi connectivity index (χ0v) is 10.3. The van der Waals surface area contributed by atoms with E-state index in [1.165, 1.54) is 11.1 Å². The second-order valence-electron chi connectivity index (χ2n) is 4.56. The number of amides is 2. The van der Waals surface area contributed by atoms with Gasteiger partial charge in [-0.15, -0.1) is 0 Å². The first kappa shape index (κ1) is 11.3. The van der Waals surface area contributed by atoms with E-state index in [0.29, 0.717) is 5.56 Å². The number of carbonyl (C=O) groups excluding carboxylic acids is 2. The summed E-state index contributed by atoms with van der Waals surface area (Å²) in [5.41, 5.74) is 6.22. The highest BCUT2D eigenvalue weighted by atomic mass is 32.1. The van der Waals surface area contributed by atoms with Crippen molar-refractivity contribution >= 4 is 29.0 Å². The summed E-state index contributed by atoms with van der Waals surface area (Å²) in [5.74, 6) is -0.516. The highest BCUT2D eigenvalue weighted by Gasteiger charge is 2.47. The Bertz CT molecular complexity index is 533. The molecule has 2 aliphatic rings. The fourth-order valence-electron chi connectivity index (χ4n) is 2.32. The summed E-state index contributed by atoms with van der Waals surface area (Å²) in [4.78, 5) is 29.8. The summed E-state index contributed by atoms with van der Waals surface area (Å²) in [6.07, 6.45) is 3.39. The van der Waals surface area contributed by atoms with Crippen molar-refractivity contribution in [2.45, 2.75) is 18.9 Å². The van der Waals surface area contributed by atoms with Crippen LogP contribution in [-0.4, -0.2) is 32.7 Å². The molecule has 1 aromatic rings. The van der Waals surface area contributed by atoms with Crippen LogP contribution in [0.1, 0.15) is 33.7 Å². The standard InChI is InChI=1S/C12H11N3O2S/c13-10(18)9(6-3-4-6)15-11(16)7-2-1-5-14-8(7)12(15)17/h1-2,5-6,9H,3-4H2,(H2,13,18). The van der Waals surface area contributed by atoms with Crippen LogP contribution in [-0.2, 0) is 0 Å². The molecule has 1 aliphatic heterocycles. The summed E-state index contributed by atoms with van der Waals surface area (Å²) < 4.78 is 0. The van der Waals surface area contributed by atoms with Crippen molar-refractivity contribution in [2.24, 2.45) is 11.7 Å². The third kappa shape index (κ3) is 1.53. The van der Waals surface area contributed by atoms with E-state index in [1.807, 2.05) is 0 Å². The maximum Gasteiger partial charge on any atom is 0.280 e. The third-order valence-corrected chi connectivity index (χ3v) is 3.56. The van der Waals surface area contributed by atoms with Gasteiger partial charge < -0.3 is 5.73 Å². The summed E-state index contributed by atoms with van der Waals surface area (Å²) >= 11 is 5.00. The zero-order chi connectivity index (χ0) is 12.9. The SMILES string of the molecule is NC(=S)C(C1CC1)N1C(=O)c2cccnc2C1=O. The number of hydrogen-bond donors (Lipinski definition) is 1. The molecule has 0 saturated heterocycles. The highest BCUT2D eigenvalue weighted by molar-refractivity contribution is 7.80. The molecule has 6 heteroatoms. The number of thiocarbonyl (C=S) groups is 1. The van der Waals surface area contributed by atoms with E-state index in [-0.39, 0.29) is 28.4 Å². The summed E-state index contributed by atoms with van der Waals surface area (Å²) in [6.45, 7) is 0. The molecule has 2 heterocycles. The molecule has 5 nitrogen and oxygen atoms in total. The Labute approximate surface area is 109 Å². The monoisotopic (exact) mass is 261 g/mol. The molecule has 92 valence electrons. The molecule has 0 aromatic carbocycles. The Morgan fingerprint density at radius 3 is 2.72 bits per heavy atom. The van der Waals surface area contributed by atoms with E-state index in [2.05, 4.69) is 4.98 Å². The lowest BCUT2D eigenvalue weighted by Crippen LogP contribution is -2.48. The topological polar surface area (TPSA) is 76.3 Å². The highest BCUT2D eigenvalue weighted by Crippen LogP contribution is 2.38. The summed E-state index contributed by atoms with van der Waals surface area (Å²) in [5, 5.41) is 0. The lowest BCUT2D eigenvalue weighted by molar-refractivity contribution is 0.0611. The van der Waals surface area contributed by atoms with Crippen molar-refractivity contribution in [2.75, 3.05) is 0 Å². The second-order valence-corrected chi connectivity index (χ2v) is 5.04. The maximum atomic E-state index is 12.2. The van der Waals surface area contributed by atoms with Crippen LogP contribution in [0.25, 0.3) is 0 Å². The van der Waals surface area contributed by atoms with Crippen molar-refractivity contribution in [3.63, 3.8) is 0 Å². The van der Waals surface area contributed by atoms with Crippen molar-refractivity contribution < 1.29 is 9.59 Å². The predicted octanol–water partition coefficient (Wildman–Crippen LogP) is 0.742. The molecule has 0 spiro atoms. The van der Waals surface area contributed by atoms with Crippen LogP contribution in [0, 0.1) is 5.92 Å². The van der Waals surface area contributed by atoms with Gasteiger partial charge >= 0.3 is 0 Å². The zero-order valence-electron chi connectivity index (χ0n) is 9.50. The summed E-state index contributed by atoms with van der Waals surface area (Å²) in [7, 11) is 0. The Morgan fingerprint density at radius 2 is 2.17 bits per heavy atom. The molecule has 1 fully saturated rings. The minimum absolute atomic E-state index is 0.199. The van der Waals surface area contributed by atoms with Crippen molar-refractivity contribution in [3.8, 4) is 0 Å². The van der Waals surface area contributed by atoms with Crippen molar-refractivity contribution in [3.05, 3.63) is 29.6 Å². The molecule has 2 amide bonds. The number of pyridine rings is 1. The number of fused-ring (bicyclic) bond motifs is 1. The Morgan fingerprint density at radius 1 is 1.44 bits per heavy atom. The van der Waals surface area contributed by atoms with Gasteiger partial charge in [0.15, 0.2) is 0 Å². The third-order valence-electron chi connectivity index (χ3n) is 3.32. The van der Waals surface area contributed by atoms with Crippen LogP contribution in [0.2, 0.25) is 0 Å². The Hall–Kier alpha value is -1.82. The molecule has 0 bridgehead atoms. The predicted molar refractivity (Wildman–Crippen MR) is 68.0 cm³/mol. The van der Waals surface area contributed by atoms with Gasteiger partial charge in [-0.25, -0.2) is 0 Å². The average molecular weight is 261 g/mol. The first-order valence-electron chi connectivity index (χ1n) is 5.73. The average Bonchev–Trinajstić information content (AvgIpc) is 3.14. The van der Waals surface area contributed by atoms with Crippen LogP contribution in [0.15, 0.2) is 18.3 Å². The number of imide groups is 1. The molecule has 1 unspecified atom stereocenters. The lowest BCUT2D eigenvalue weighted by Gasteiger charge is -2.24. The Kier molecular flexibility index (Phi) is 2.41. The van der Waals surface area contributed by atoms with Gasteiger partial charge in [-0.1, -0.05) is 12.2 Å². The normalized spacial score (nSPS) is 19.9. The fraction of sp³-hybridized carbons (Fsp3) is 0.333. The molecule has 3 rings (SSSR count). The van der Waals surface area contributed by atoms with Crippen molar-refractivity contribution in [1.82, 2.24) is 9.88 Å². The van der Waals surface area contributed by atoms with Crippen LogP contribution in [0.5, 0.6) is 0 Å². The minimum Gasteiger partial charge on any atom is -0.392 e. The lowest BCUT2D eigenvalue weighted by atomic mass is 10.1. The van der Waals surface area contributed by atoms with Gasteiger partial charge in [0.1, 0.15) is 5.69 Å². The van der Waals surface area contributed by atoms with Crippen LogP contribution in [0.4, 0.5) is 0 Å². The first-order valence-corrected chi connectivity index (χ1v) is 6.14. The van der Waals surface area contributed by atoms with Crippen LogP contribution in [0.3, 0.4) is 0 Å². The van der Waals surface area contributed by atoms with Crippen molar-refractivity contribution in [1.29, 1.82) is 0 Å². The number of carbonyl (C=O) groups is 2. The van der Waals surface area contributed by atoms with Gasteiger partial charge in [0, 0.05) is 6.20 Å². The number of aromatic nitrogens is 1. The minimum atomic E-state index is -0.464. The first-order chi connectivity index (χ1) is 8.61. The van der Waals surface area contributed by atoms with E-state index in [4.69, 9.17) is 18.0 Å².